The monoisotopic (exact) mass is 299 g/mol. The first-order valence-corrected chi connectivity index (χ1v) is 6.38. The van der Waals surface area contributed by atoms with E-state index in [2.05, 4.69) is 15.2 Å². The summed E-state index contributed by atoms with van der Waals surface area (Å²) in [7, 11) is 0. The largest absolute Gasteiger partial charge is 0.476 e. The number of hydrogen-bond acceptors (Lipinski definition) is 5. The summed E-state index contributed by atoms with van der Waals surface area (Å²) in [6, 6.07) is 9.47. The number of aromatic carboxylic acids is 1. The van der Waals surface area contributed by atoms with Gasteiger partial charge in [0.2, 0.25) is 5.89 Å². The van der Waals surface area contributed by atoms with Crippen molar-refractivity contribution in [3.63, 3.8) is 0 Å². The van der Waals surface area contributed by atoms with Crippen molar-refractivity contribution in [2.45, 2.75) is 6.42 Å². The Hall–Kier alpha value is -3.09. The van der Waals surface area contributed by atoms with Crippen molar-refractivity contribution in [3.8, 4) is 11.3 Å². The van der Waals surface area contributed by atoms with Crippen LogP contribution in [0.4, 0.5) is 4.39 Å². The number of carbonyl (C=O) groups is 1. The van der Waals surface area contributed by atoms with Crippen LogP contribution in [0.2, 0.25) is 0 Å². The number of halogens is 1. The van der Waals surface area contributed by atoms with Gasteiger partial charge in [0.15, 0.2) is 5.69 Å². The summed E-state index contributed by atoms with van der Waals surface area (Å²) in [5, 5.41) is 16.8. The van der Waals surface area contributed by atoms with Crippen molar-refractivity contribution in [2.75, 3.05) is 0 Å². The highest BCUT2D eigenvalue weighted by molar-refractivity contribution is 5.84. The second kappa shape index (κ2) is 5.72. The van der Waals surface area contributed by atoms with Gasteiger partial charge in [0.25, 0.3) is 0 Å². The molecule has 0 atom stereocenters. The molecule has 0 fully saturated rings. The molecule has 22 heavy (non-hydrogen) atoms. The summed E-state index contributed by atoms with van der Waals surface area (Å²) in [5.41, 5.74) is 1.59. The zero-order valence-electron chi connectivity index (χ0n) is 11.2. The molecule has 0 amide bonds. The van der Waals surface area contributed by atoms with E-state index in [-0.39, 0.29) is 23.8 Å². The summed E-state index contributed by atoms with van der Waals surface area (Å²) in [5.74, 6) is -1.25. The Morgan fingerprint density at radius 1 is 1.23 bits per heavy atom. The van der Waals surface area contributed by atoms with E-state index >= 15 is 0 Å². The van der Waals surface area contributed by atoms with Crippen molar-refractivity contribution in [3.05, 3.63) is 65.8 Å². The summed E-state index contributed by atoms with van der Waals surface area (Å²) in [6.07, 6.45) is 1.30. The van der Waals surface area contributed by atoms with Gasteiger partial charge in [0.05, 0.1) is 17.8 Å². The Labute approximate surface area is 124 Å². The van der Waals surface area contributed by atoms with E-state index in [0.29, 0.717) is 17.0 Å². The number of hydrogen-bond donors (Lipinski definition) is 1. The van der Waals surface area contributed by atoms with E-state index in [1.54, 1.807) is 24.3 Å². The highest BCUT2D eigenvalue weighted by atomic mass is 19.1. The molecule has 0 radical (unpaired) electrons. The molecule has 0 spiro atoms. The third-order valence-corrected chi connectivity index (χ3v) is 2.94. The maximum atomic E-state index is 13.2. The predicted octanol–water partition coefficient (Wildman–Crippen LogP) is 2.56. The summed E-state index contributed by atoms with van der Waals surface area (Å²) in [4.78, 5) is 14.5. The lowest BCUT2D eigenvalue weighted by Crippen LogP contribution is -1.99. The molecule has 3 rings (SSSR count). The SMILES string of the molecule is O=C(O)c1coc(Cc2ccc(-c3cccc(F)c3)nn2)n1. The van der Waals surface area contributed by atoms with Crippen LogP contribution >= 0.6 is 0 Å². The molecule has 6 nitrogen and oxygen atoms in total. The Balaban J connectivity index is 1.77. The van der Waals surface area contributed by atoms with E-state index in [4.69, 9.17) is 9.52 Å². The first-order chi connectivity index (χ1) is 10.6. The Bertz CT molecular complexity index is 815. The molecule has 0 unspecified atom stereocenters. The lowest BCUT2D eigenvalue weighted by molar-refractivity contribution is 0.0690. The van der Waals surface area contributed by atoms with Crippen molar-refractivity contribution < 1.29 is 18.7 Å². The minimum absolute atomic E-state index is 0.153. The van der Waals surface area contributed by atoms with Crippen LogP contribution in [0, 0.1) is 5.82 Å². The molecule has 0 saturated carbocycles. The average Bonchev–Trinajstić information content (AvgIpc) is 2.97. The minimum atomic E-state index is -1.15. The molecule has 0 aliphatic heterocycles. The quantitative estimate of drug-likeness (QED) is 0.796. The summed E-state index contributed by atoms with van der Waals surface area (Å²) >= 11 is 0. The fraction of sp³-hybridized carbons (Fsp3) is 0.0667. The van der Waals surface area contributed by atoms with E-state index < -0.39 is 5.97 Å². The smallest absolute Gasteiger partial charge is 0.357 e. The zero-order valence-corrected chi connectivity index (χ0v) is 11.2. The maximum Gasteiger partial charge on any atom is 0.357 e. The zero-order chi connectivity index (χ0) is 15.5. The van der Waals surface area contributed by atoms with Gasteiger partial charge in [0.1, 0.15) is 12.1 Å². The van der Waals surface area contributed by atoms with Crippen LogP contribution in [0.25, 0.3) is 11.3 Å². The molecule has 0 aliphatic rings. The fourth-order valence-corrected chi connectivity index (χ4v) is 1.90. The second-order valence-corrected chi connectivity index (χ2v) is 4.53. The minimum Gasteiger partial charge on any atom is -0.476 e. The number of carboxylic acid groups (broad SMARTS) is 1. The predicted molar refractivity (Wildman–Crippen MR) is 73.7 cm³/mol. The molecule has 2 heterocycles. The third kappa shape index (κ3) is 2.98. The van der Waals surface area contributed by atoms with Crippen LogP contribution in [0.3, 0.4) is 0 Å². The van der Waals surface area contributed by atoms with E-state index in [9.17, 15) is 9.18 Å². The van der Waals surface area contributed by atoms with Crippen LogP contribution in [-0.4, -0.2) is 26.3 Å². The third-order valence-electron chi connectivity index (χ3n) is 2.94. The Kier molecular flexibility index (Phi) is 3.61. The molecule has 3 aromatic rings. The van der Waals surface area contributed by atoms with Crippen LogP contribution < -0.4 is 0 Å². The van der Waals surface area contributed by atoms with Gasteiger partial charge < -0.3 is 9.52 Å². The van der Waals surface area contributed by atoms with Crippen LogP contribution in [0.1, 0.15) is 22.1 Å². The average molecular weight is 299 g/mol. The summed E-state index contributed by atoms with van der Waals surface area (Å²) in [6.45, 7) is 0. The number of aromatic nitrogens is 3. The van der Waals surface area contributed by atoms with E-state index in [1.807, 2.05) is 0 Å². The van der Waals surface area contributed by atoms with Crippen molar-refractivity contribution in [2.24, 2.45) is 0 Å². The van der Waals surface area contributed by atoms with Gasteiger partial charge in [0, 0.05) is 5.56 Å². The number of nitrogens with zero attached hydrogens (tertiary/aromatic N) is 3. The molecule has 0 aliphatic carbocycles. The van der Waals surface area contributed by atoms with Gasteiger partial charge >= 0.3 is 5.97 Å². The molecule has 7 heteroatoms. The maximum absolute atomic E-state index is 13.2. The highest BCUT2D eigenvalue weighted by Crippen LogP contribution is 2.17. The van der Waals surface area contributed by atoms with Gasteiger partial charge in [-0.25, -0.2) is 14.2 Å². The standard InChI is InChI=1S/C15H10FN3O3/c16-10-3-1-2-9(6-10)12-5-4-11(18-19-12)7-14-17-13(8-22-14)15(20)21/h1-6,8H,7H2,(H,20,21). The lowest BCUT2D eigenvalue weighted by Gasteiger charge is -2.01. The van der Waals surface area contributed by atoms with Crippen molar-refractivity contribution in [1.82, 2.24) is 15.2 Å². The molecule has 1 aromatic carbocycles. The molecule has 0 saturated heterocycles. The summed E-state index contributed by atoms with van der Waals surface area (Å²) < 4.78 is 18.2. The molecular weight excluding hydrogens is 289 g/mol. The van der Waals surface area contributed by atoms with Crippen LogP contribution in [0.5, 0.6) is 0 Å². The normalized spacial score (nSPS) is 10.6. The first-order valence-electron chi connectivity index (χ1n) is 6.38. The molecule has 1 N–H and O–H groups in total. The molecule has 110 valence electrons. The van der Waals surface area contributed by atoms with Gasteiger partial charge in [-0.1, -0.05) is 12.1 Å². The lowest BCUT2D eigenvalue weighted by atomic mass is 10.1. The van der Waals surface area contributed by atoms with Crippen molar-refractivity contribution >= 4 is 5.97 Å². The van der Waals surface area contributed by atoms with Crippen LogP contribution in [-0.2, 0) is 6.42 Å². The fourth-order valence-electron chi connectivity index (χ4n) is 1.90. The molecular formula is C15H10FN3O3. The van der Waals surface area contributed by atoms with E-state index in [1.165, 1.54) is 12.1 Å². The van der Waals surface area contributed by atoms with Gasteiger partial charge in [-0.15, -0.1) is 0 Å². The molecule has 0 bridgehead atoms. The van der Waals surface area contributed by atoms with Gasteiger partial charge in [-0.05, 0) is 24.3 Å². The topological polar surface area (TPSA) is 89.1 Å². The number of oxazole rings is 1. The highest BCUT2D eigenvalue weighted by Gasteiger charge is 2.11. The number of rotatable bonds is 4. The molecule has 2 aromatic heterocycles. The van der Waals surface area contributed by atoms with Gasteiger partial charge in [-0.3, -0.25) is 0 Å². The van der Waals surface area contributed by atoms with Crippen molar-refractivity contribution in [1.29, 1.82) is 0 Å². The first kappa shape index (κ1) is 13.9. The Morgan fingerprint density at radius 2 is 2.09 bits per heavy atom. The van der Waals surface area contributed by atoms with Gasteiger partial charge in [-0.2, -0.15) is 10.2 Å². The number of carboxylic acids is 1. The van der Waals surface area contributed by atoms with Crippen LogP contribution in [0.15, 0.2) is 47.1 Å². The number of benzene rings is 1. The van der Waals surface area contributed by atoms with E-state index in [0.717, 1.165) is 6.26 Å². The Morgan fingerprint density at radius 3 is 2.73 bits per heavy atom. The second-order valence-electron chi connectivity index (χ2n) is 4.53.